The summed E-state index contributed by atoms with van der Waals surface area (Å²) in [7, 11) is 0. The predicted octanol–water partition coefficient (Wildman–Crippen LogP) is 2.90. The highest BCUT2D eigenvalue weighted by Crippen LogP contribution is 2.36. The summed E-state index contributed by atoms with van der Waals surface area (Å²) in [6, 6.07) is 7.86. The van der Waals surface area contributed by atoms with Gasteiger partial charge in [-0.25, -0.2) is 4.79 Å². The van der Waals surface area contributed by atoms with Crippen molar-refractivity contribution in [2.24, 2.45) is 5.41 Å². The fourth-order valence-electron chi connectivity index (χ4n) is 2.80. The highest BCUT2D eigenvalue weighted by atomic mass is 16.4. The molecular weight excluding hydrogens is 254 g/mol. The van der Waals surface area contributed by atoms with Gasteiger partial charge in [-0.15, -0.1) is 0 Å². The highest BCUT2D eigenvalue weighted by Gasteiger charge is 2.36. The molecule has 2 N–H and O–H groups in total. The van der Waals surface area contributed by atoms with E-state index < -0.39 is 17.4 Å². The molecule has 1 saturated carbocycles. The summed E-state index contributed by atoms with van der Waals surface area (Å²) in [6.45, 7) is 1.94. The van der Waals surface area contributed by atoms with Crippen LogP contribution in [0.2, 0.25) is 0 Å². The third-order valence-electron chi connectivity index (χ3n) is 4.16. The van der Waals surface area contributed by atoms with Crippen LogP contribution in [0.3, 0.4) is 0 Å². The Labute approximate surface area is 119 Å². The monoisotopic (exact) mass is 275 g/mol. The number of rotatable bonds is 4. The average molecular weight is 275 g/mol. The number of carboxylic acid groups (broad SMARTS) is 1. The van der Waals surface area contributed by atoms with Crippen LogP contribution < -0.4 is 5.32 Å². The summed E-state index contributed by atoms with van der Waals surface area (Å²) in [5, 5.41) is 12.0. The number of hydrogen-bond donors (Lipinski definition) is 2. The van der Waals surface area contributed by atoms with Crippen LogP contribution in [0.4, 0.5) is 0 Å². The molecule has 0 radical (unpaired) electrons. The maximum absolute atomic E-state index is 12.4. The van der Waals surface area contributed by atoms with Gasteiger partial charge in [-0.05, 0) is 18.4 Å². The van der Waals surface area contributed by atoms with E-state index in [1.165, 1.54) is 0 Å². The van der Waals surface area contributed by atoms with Crippen molar-refractivity contribution in [1.82, 2.24) is 5.32 Å². The molecule has 2 rings (SSSR count). The summed E-state index contributed by atoms with van der Waals surface area (Å²) in [5.74, 6) is -1.17. The molecule has 4 nitrogen and oxygen atoms in total. The SMILES string of the molecule is CC1(C(=O)NC(C(=O)O)c2ccccc2)CCCCC1. The standard InChI is InChI=1S/C16H21NO3/c1-16(10-6-3-7-11-16)15(20)17-13(14(18)19)12-8-4-2-5-9-12/h2,4-5,8-9,13H,3,6-7,10-11H2,1H3,(H,17,20)(H,18,19). The van der Waals surface area contributed by atoms with Crippen molar-refractivity contribution in [3.05, 3.63) is 35.9 Å². The van der Waals surface area contributed by atoms with E-state index in [0.717, 1.165) is 32.1 Å². The molecule has 0 aromatic heterocycles. The van der Waals surface area contributed by atoms with Gasteiger partial charge >= 0.3 is 5.97 Å². The molecule has 108 valence electrons. The average Bonchev–Trinajstić information content (AvgIpc) is 2.45. The maximum Gasteiger partial charge on any atom is 0.330 e. The number of aliphatic carboxylic acids is 1. The number of nitrogens with one attached hydrogen (secondary N) is 1. The van der Waals surface area contributed by atoms with Gasteiger partial charge in [0, 0.05) is 5.41 Å². The van der Waals surface area contributed by atoms with E-state index >= 15 is 0 Å². The minimum absolute atomic E-state index is 0.145. The Bertz CT molecular complexity index is 478. The van der Waals surface area contributed by atoms with Crippen molar-refractivity contribution < 1.29 is 14.7 Å². The Hall–Kier alpha value is -1.84. The van der Waals surface area contributed by atoms with Gasteiger partial charge in [-0.2, -0.15) is 0 Å². The van der Waals surface area contributed by atoms with E-state index in [1.54, 1.807) is 24.3 Å². The fraction of sp³-hybridized carbons (Fsp3) is 0.500. The Morgan fingerprint density at radius 2 is 1.75 bits per heavy atom. The van der Waals surface area contributed by atoms with Gasteiger partial charge in [0.15, 0.2) is 6.04 Å². The lowest BCUT2D eigenvalue weighted by Gasteiger charge is -2.33. The molecule has 1 unspecified atom stereocenters. The summed E-state index contributed by atoms with van der Waals surface area (Å²) >= 11 is 0. The molecule has 1 aromatic carbocycles. The molecule has 0 bridgehead atoms. The molecule has 0 aliphatic heterocycles. The quantitative estimate of drug-likeness (QED) is 0.888. The minimum atomic E-state index is -1.02. The number of carboxylic acids is 1. The Kier molecular flexibility index (Phi) is 4.42. The van der Waals surface area contributed by atoms with E-state index in [2.05, 4.69) is 5.32 Å². The summed E-state index contributed by atoms with van der Waals surface area (Å²) in [5.41, 5.74) is 0.175. The van der Waals surface area contributed by atoms with Crippen LogP contribution >= 0.6 is 0 Å². The van der Waals surface area contributed by atoms with Gasteiger partial charge in [0.2, 0.25) is 5.91 Å². The zero-order valence-electron chi connectivity index (χ0n) is 11.8. The van der Waals surface area contributed by atoms with Crippen molar-refractivity contribution in [2.45, 2.75) is 45.1 Å². The number of hydrogen-bond acceptors (Lipinski definition) is 2. The molecule has 1 aliphatic rings. The van der Waals surface area contributed by atoms with Crippen molar-refractivity contribution in [3.8, 4) is 0 Å². The molecule has 0 saturated heterocycles. The highest BCUT2D eigenvalue weighted by molar-refractivity contribution is 5.87. The lowest BCUT2D eigenvalue weighted by atomic mass is 9.75. The lowest BCUT2D eigenvalue weighted by Crippen LogP contribution is -2.44. The first-order chi connectivity index (χ1) is 9.53. The van der Waals surface area contributed by atoms with Crippen LogP contribution in [-0.4, -0.2) is 17.0 Å². The molecule has 0 heterocycles. The van der Waals surface area contributed by atoms with Crippen LogP contribution in [0, 0.1) is 5.41 Å². The van der Waals surface area contributed by atoms with Crippen molar-refractivity contribution in [3.63, 3.8) is 0 Å². The predicted molar refractivity (Wildman–Crippen MR) is 76.2 cm³/mol. The molecule has 20 heavy (non-hydrogen) atoms. The van der Waals surface area contributed by atoms with Crippen molar-refractivity contribution >= 4 is 11.9 Å². The fourth-order valence-corrected chi connectivity index (χ4v) is 2.80. The van der Waals surface area contributed by atoms with Crippen LogP contribution in [0.1, 0.15) is 50.6 Å². The van der Waals surface area contributed by atoms with E-state index in [1.807, 2.05) is 13.0 Å². The summed E-state index contributed by atoms with van der Waals surface area (Å²) in [6.07, 6.45) is 4.89. The van der Waals surface area contributed by atoms with Gasteiger partial charge in [0.05, 0.1) is 0 Å². The second-order valence-corrected chi connectivity index (χ2v) is 5.78. The van der Waals surface area contributed by atoms with Crippen LogP contribution in [0.25, 0.3) is 0 Å². The van der Waals surface area contributed by atoms with Gasteiger partial charge in [-0.1, -0.05) is 56.5 Å². The molecule has 1 fully saturated rings. The molecule has 0 spiro atoms. The molecule has 1 amide bonds. The largest absolute Gasteiger partial charge is 0.479 e. The number of benzene rings is 1. The number of amides is 1. The molecule has 1 aromatic rings. The maximum atomic E-state index is 12.4. The molecule has 4 heteroatoms. The third kappa shape index (κ3) is 3.18. The summed E-state index contributed by atoms with van der Waals surface area (Å²) in [4.78, 5) is 23.8. The van der Waals surface area contributed by atoms with Crippen molar-refractivity contribution in [1.29, 1.82) is 0 Å². The number of carbonyl (C=O) groups excluding carboxylic acids is 1. The van der Waals surface area contributed by atoms with Gasteiger partial charge in [-0.3, -0.25) is 4.79 Å². The van der Waals surface area contributed by atoms with Gasteiger partial charge in [0.1, 0.15) is 0 Å². The van der Waals surface area contributed by atoms with Gasteiger partial charge in [0.25, 0.3) is 0 Å². The number of carbonyl (C=O) groups is 2. The molecule has 1 aliphatic carbocycles. The van der Waals surface area contributed by atoms with E-state index in [0.29, 0.717) is 5.56 Å². The van der Waals surface area contributed by atoms with E-state index in [-0.39, 0.29) is 5.91 Å². The first-order valence-corrected chi connectivity index (χ1v) is 7.12. The van der Waals surface area contributed by atoms with E-state index in [4.69, 9.17) is 0 Å². The first kappa shape index (κ1) is 14.6. The Morgan fingerprint density at radius 3 is 2.30 bits per heavy atom. The topological polar surface area (TPSA) is 66.4 Å². The normalized spacial score (nSPS) is 19.1. The van der Waals surface area contributed by atoms with Crippen LogP contribution in [-0.2, 0) is 9.59 Å². The third-order valence-corrected chi connectivity index (χ3v) is 4.16. The zero-order valence-corrected chi connectivity index (χ0v) is 11.8. The Balaban J connectivity index is 2.12. The van der Waals surface area contributed by atoms with Crippen LogP contribution in [0.15, 0.2) is 30.3 Å². The van der Waals surface area contributed by atoms with Crippen molar-refractivity contribution in [2.75, 3.05) is 0 Å². The minimum Gasteiger partial charge on any atom is -0.479 e. The second kappa shape index (κ2) is 6.07. The van der Waals surface area contributed by atoms with Gasteiger partial charge < -0.3 is 10.4 Å². The molecular formula is C16H21NO3. The smallest absolute Gasteiger partial charge is 0.330 e. The molecule has 1 atom stereocenters. The first-order valence-electron chi connectivity index (χ1n) is 7.12. The second-order valence-electron chi connectivity index (χ2n) is 5.78. The zero-order chi connectivity index (χ0) is 14.6. The Morgan fingerprint density at radius 1 is 1.15 bits per heavy atom. The van der Waals surface area contributed by atoms with E-state index in [9.17, 15) is 14.7 Å². The van der Waals surface area contributed by atoms with Crippen LogP contribution in [0.5, 0.6) is 0 Å². The lowest BCUT2D eigenvalue weighted by molar-refractivity contribution is -0.144. The summed E-state index contributed by atoms with van der Waals surface area (Å²) < 4.78 is 0.